The summed E-state index contributed by atoms with van der Waals surface area (Å²) in [6.07, 6.45) is 1.92. The van der Waals surface area contributed by atoms with Gasteiger partial charge in [-0.15, -0.1) is 0 Å². The highest BCUT2D eigenvalue weighted by Crippen LogP contribution is 2.42. The van der Waals surface area contributed by atoms with Gasteiger partial charge in [-0.1, -0.05) is 85.8 Å². The zero-order chi connectivity index (χ0) is 31.6. The molecule has 8 heteroatoms. The second kappa shape index (κ2) is 15.8. The number of ether oxygens (including phenoxy) is 2. The van der Waals surface area contributed by atoms with Gasteiger partial charge in [-0.2, -0.15) is 0 Å². The lowest BCUT2D eigenvalue weighted by Crippen LogP contribution is -2.43. The number of nitrogens with one attached hydrogen (secondary N) is 2. The van der Waals surface area contributed by atoms with E-state index in [4.69, 9.17) is 9.47 Å². The Morgan fingerprint density at radius 1 is 0.911 bits per heavy atom. The van der Waals surface area contributed by atoms with Crippen LogP contribution in [0.2, 0.25) is 0 Å². The van der Waals surface area contributed by atoms with Crippen LogP contribution < -0.4 is 10.6 Å². The molecule has 1 aliphatic rings. The zero-order valence-electron chi connectivity index (χ0n) is 26.4. The molecule has 236 valence electrons. The molecule has 2 amide bonds. The van der Waals surface area contributed by atoms with Crippen molar-refractivity contribution < 1.29 is 19.4 Å². The zero-order valence-corrected chi connectivity index (χ0v) is 26.4. The van der Waals surface area contributed by atoms with E-state index in [0.29, 0.717) is 13.1 Å². The number of likely N-dealkylation sites (N-methyl/N-ethyl adjacent to an activating group) is 1. The summed E-state index contributed by atoms with van der Waals surface area (Å²) in [4.78, 5) is 18.8. The lowest BCUT2D eigenvalue weighted by molar-refractivity contribution is -0.275. The van der Waals surface area contributed by atoms with E-state index in [-0.39, 0.29) is 30.8 Å². The number of hydrogen-bond donors (Lipinski definition) is 3. The van der Waals surface area contributed by atoms with E-state index in [2.05, 4.69) is 70.9 Å². The minimum Gasteiger partial charge on any atom is -0.392 e. The van der Waals surface area contributed by atoms with Gasteiger partial charge in [0, 0.05) is 56.0 Å². The van der Waals surface area contributed by atoms with E-state index in [0.717, 1.165) is 58.6 Å². The summed E-state index contributed by atoms with van der Waals surface area (Å²) in [6.45, 7) is 6.73. The fourth-order valence-electron chi connectivity index (χ4n) is 5.75. The topological polar surface area (TPSA) is 96.0 Å². The second-order valence-electron chi connectivity index (χ2n) is 11.6. The quantitative estimate of drug-likeness (QED) is 0.182. The molecule has 5 rings (SSSR count). The highest BCUT2D eigenvalue weighted by Gasteiger charge is 2.38. The van der Waals surface area contributed by atoms with Crippen molar-refractivity contribution in [3.05, 3.63) is 125 Å². The summed E-state index contributed by atoms with van der Waals surface area (Å²) >= 11 is 0. The molecule has 0 unspecified atom stereocenters. The normalized spacial score (nSPS) is 19.8. The highest BCUT2D eigenvalue weighted by molar-refractivity contribution is 5.74. The molecule has 4 aromatic rings. The molecule has 8 nitrogen and oxygen atoms in total. The molecule has 0 spiro atoms. The molecule has 4 atom stereocenters. The van der Waals surface area contributed by atoms with E-state index < -0.39 is 6.29 Å². The molecular weight excluding hydrogens is 564 g/mol. The number of nitrogens with zero attached hydrogens (tertiary/aromatic N) is 2. The molecule has 1 aromatic heterocycles. The van der Waals surface area contributed by atoms with Gasteiger partial charge in [0.25, 0.3) is 0 Å². The number of aliphatic hydroxyl groups is 1. The van der Waals surface area contributed by atoms with Crippen LogP contribution in [0.5, 0.6) is 0 Å². The van der Waals surface area contributed by atoms with Crippen LogP contribution in [0.25, 0.3) is 11.1 Å². The van der Waals surface area contributed by atoms with Crippen molar-refractivity contribution in [2.24, 2.45) is 5.92 Å². The van der Waals surface area contributed by atoms with Gasteiger partial charge in [0.15, 0.2) is 6.29 Å². The average molecular weight is 609 g/mol. The Labute approximate surface area is 266 Å². The monoisotopic (exact) mass is 608 g/mol. The molecule has 1 fully saturated rings. The maximum Gasteiger partial charge on any atom is 0.315 e. The number of carbonyl (C=O) groups excluding carboxylic acids is 1. The van der Waals surface area contributed by atoms with Crippen molar-refractivity contribution in [2.45, 2.75) is 51.9 Å². The van der Waals surface area contributed by atoms with E-state index in [9.17, 15) is 9.90 Å². The molecule has 3 aromatic carbocycles. The van der Waals surface area contributed by atoms with Gasteiger partial charge >= 0.3 is 6.03 Å². The second-order valence-corrected chi connectivity index (χ2v) is 11.6. The molecule has 3 N–H and O–H groups in total. The SMILES string of the molecule is CCNC(=O)NCc1ccccc1-c1ccc([C@@H]2O[C@H](CN(C)CCc3ccccn3)[C@H](C)[C@H](c3ccc(CO)cc3)O2)cc1. The van der Waals surface area contributed by atoms with Crippen LogP contribution in [0.15, 0.2) is 97.2 Å². The standard InChI is InChI=1S/C37H44N4O4/c1-4-38-37(43)40-23-31-9-5-6-11-33(31)28-16-18-30(19-17-28)36-44-34(24-41(3)22-20-32-10-7-8-21-39-32)26(2)35(45-36)29-14-12-27(25-42)13-15-29/h5-19,21,26,34-36,42H,4,20,22-25H2,1-3H3,(H2,38,40,43)/t26-,34+,35+,36+/m0/s1. The van der Waals surface area contributed by atoms with E-state index in [1.165, 1.54) is 0 Å². The Hall–Kier alpha value is -4.08. The molecular formula is C37H44N4O4. The predicted molar refractivity (Wildman–Crippen MR) is 176 cm³/mol. The molecule has 45 heavy (non-hydrogen) atoms. The summed E-state index contributed by atoms with van der Waals surface area (Å²) in [5.41, 5.74) is 7.12. The number of amides is 2. The highest BCUT2D eigenvalue weighted by atomic mass is 16.7. The van der Waals surface area contributed by atoms with Gasteiger partial charge in [-0.25, -0.2) is 4.79 Å². The Kier molecular flexibility index (Phi) is 11.3. The first-order valence-electron chi connectivity index (χ1n) is 15.7. The van der Waals surface area contributed by atoms with Crippen molar-refractivity contribution in [1.82, 2.24) is 20.5 Å². The fraction of sp³-hybridized carbons (Fsp3) is 0.351. The lowest BCUT2D eigenvalue weighted by Gasteiger charge is -2.42. The van der Waals surface area contributed by atoms with Crippen LogP contribution in [-0.4, -0.2) is 53.8 Å². The largest absolute Gasteiger partial charge is 0.392 e. The number of aliphatic hydroxyl groups excluding tert-OH is 1. The average Bonchev–Trinajstić information content (AvgIpc) is 3.08. The van der Waals surface area contributed by atoms with Crippen LogP contribution in [0.1, 0.15) is 54.2 Å². The maximum atomic E-state index is 12.0. The van der Waals surface area contributed by atoms with Gasteiger partial charge in [-0.3, -0.25) is 4.98 Å². The van der Waals surface area contributed by atoms with E-state index in [1.54, 1.807) is 0 Å². The minimum atomic E-state index is -0.540. The van der Waals surface area contributed by atoms with Crippen molar-refractivity contribution in [3.63, 3.8) is 0 Å². The molecule has 1 aliphatic heterocycles. The number of aromatic nitrogens is 1. The summed E-state index contributed by atoms with van der Waals surface area (Å²) in [7, 11) is 2.13. The van der Waals surface area contributed by atoms with Crippen molar-refractivity contribution in [1.29, 1.82) is 0 Å². The first kappa shape index (κ1) is 32.3. The Balaban J connectivity index is 1.34. The Morgan fingerprint density at radius 2 is 1.64 bits per heavy atom. The van der Waals surface area contributed by atoms with Gasteiger partial charge < -0.3 is 30.1 Å². The molecule has 2 heterocycles. The van der Waals surface area contributed by atoms with Gasteiger partial charge in [-0.05, 0) is 53.9 Å². The minimum absolute atomic E-state index is 0.00820. The first-order chi connectivity index (χ1) is 21.9. The summed E-state index contributed by atoms with van der Waals surface area (Å²) in [5.74, 6) is 0.0992. The number of urea groups is 1. The first-order valence-corrected chi connectivity index (χ1v) is 15.7. The van der Waals surface area contributed by atoms with Crippen LogP contribution in [0.3, 0.4) is 0 Å². The molecule has 1 saturated heterocycles. The van der Waals surface area contributed by atoms with Crippen LogP contribution in [0.4, 0.5) is 4.79 Å². The van der Waals surface area contributed by atoms with Crippen molar-refractivity contribution >= 4 is 6.03 Å². The van der Waals surface area contributed by atoms with Crippen molar-refractivity contribution in [3.8, 4) is 11.1 Å². The van der Waals surface area contributed by atoms with Crippen LogP contribution in [0, 0.1) is 5.92 Å². The predicted octanol–water partition coefficient (Wildman–Crippen LogP) is 6.03. The summed E-state index contributed by atoms with van der Waals surface area (Å²) < 4.78 is 13.4. The van der Waals surface area contributed by atoms with E-state index >= 15 is 0 Å². The van der Waals surface area contributed by atoms with E-state index in [1.807, 2.05) is 67.7 Å². The molecule has 0 radical (unpaired) electrons. The molecule has 0 bridgehead atoms. The maximum absolute atomic E-state index is 12.0. The third kappa shape index (κ3) is 8.55. The van der Waals surface area contributed by atoms with Gasteiger partial charge in [0.05, 0.1) is 18.8 Å². The Bertz CT molecular complexity index is 1500. The molecule has 0 aliphatic carbocycles. The summed E-state index contributed by atoms with van der Waals surface area (Å²) in [5, 5.41) is 15.3. The number of benzene rings is 3. The smallest absolute Gasteiger partial charge is 0.315 e. The summed E-state index contributed by atoms with van der Waals surface area (Å²) in [6, 6.07) is 30.3. The Morgan fingerprint density at radius 3 is 2.36 bits per heavy atom. The number of rotatable bonds is 12. The number of carbonyl (C=O) groups is 1. The van der Waals surface area contributed by atoms with Gasteiger partial charge in [0.2, 0.25) is 0 Å². The van der Waals surface area contributed by atoms with Gasteiger partial charge in [0.1, 0.15) is 0 Å². The van der Waals surface area contributed by atoms with Crippen LogP contribution >= 0.6 is 0 Å². The van der Waals surface area contributed by atoms with Crippen LogP contribution in [-0.2, 0) is 29.0 Å². The lowest BCUT2D eigenvalue weighted by atomic mass is 9.90. The fourth-order valence-corrected chi connectivity index (χ4v) is 5.75. The third-order valence-electron chi connectivity index (χ3n) is 8.38. The number of hydrogen-bond acceptors (Lipinski definition) is 6. The van der Waals surface area contributed by atoms with Crippen molar-refractivity contribution in [2.75, 3.05) is 26.7 Å². The molecule has 0 saturated carbocycles. The number of pyridine rings is 1. The third-order valence-corrected chi connectivity index (χ3v) is 8.38.